The van der Waals surface area contributed by atoms with Gasteiger partial charge in [0.25, 0.3) is 5.91 Å². The van der Waals surface area contributed by atoms with Gasteiger partial charge in [-0.3, -0.25) is 4.79 Å². The zero-order chi connectivity index (χ0) is 21.1. The lowest BCUT2D eigenvalue weighted by Gasteiger charge is -2.38. The van der Waals surface area contributed by atoms with Crippen LogP contribution in [0.25, 0.3) is 0 Å². The topological polar surface area (TPSA) is 51.2 Å². The van der Waals surface area contributed by atoms with Crippen molar-refractivity contribution in [1.82, 2.24) is 9.80 Å². The molecule has 1 spiro atoms. The van der Waals surface area contributed by atoms with Gasteiger partial charge in [0.1, 0.15) is 11.5 Å². The maximum atomic E-state index is 13.1. The quantitative estimate of drug-likeness (QED) is 0.736. The molecule has 2 atom stereocenters. The summed E-state index contributed by atoms with van der Waals surface area (Å²) in [4.78, 5) is 17.6. The van der Waals surface area contributed by atoms with Crippen molar-refractivity contribution < 1.29 is 19.0 Å². The van der Waals surface area contributed by atoms with Crippen molar-refractivity contribution in [1.29, 1.82) is 0 Å². The normalized spacial score (nSPS) is 26.7. The highest BCUT2D eigenvalue weighted by molar-refractivity contribution is 5.95. The molecule has 0 radical (unpaired) electrons. The molecule has 30 heavy (non-hydrogen) atoms. The van der Waals surface area contributed by atoms with Crippen LogP contribution in [0.3, 0.4) is 0 Å². The lowest BCUT2D eigenvalue weighted by atomic mass is 9.76. The van der Waals surface area contributed by atoms with E-state index in [9.17, 15) is 4.79 Å². The van der Waals surface area contributed by atoms with E-state index >= 15 is 0 Å². The molecule has 1 aromatic rings. The Morgan fingerprint density at radius 1 is 1.13 bits per heavy atom. The Balaban J connectivity index is 1.32. The van der Waals surface area contributed by atoms with Gasteiger partial charge in [0.2, 0.25) is 0 Å². The van der Waals surface area contributed by atoms with Crippen LogP contribution in [-0.2, 0) is 4.74 Å². The van der Waals surface area contributed by atoms with Crippen molar-refractivity contribution in [2.75, 3.05) is 53.6 Å². The molecule has 4 rings (SSSR count). The third-order valence-electron chi connectivity index (χ3n) is 7.20. The SMILES string of the molecule is COc1cc(OC)cc(C(=O)N2CCC3(CC2)CO[C@@H](CN2CCC[C@@H](C)C2)C3)c1. The highest BCUT2D eigenvalue weighted by Crippen LogP contribution is 2.42. The summed E-state index contributed by atoms with van der Waals surface area (Å²) in [6, 6.07) is 5.38. The first-order valence-corrected chi connectivity index (χ1v) is 11.4. The van der Waals surface area contributed by atoms with Crippen molar-refractivity contribution in [3.63, 3.8) is 0 Å². The Morgan fingerprint density at radius 2 is 1.83 bits per heavy atom. The van der Waals surface area contributed by atoms with Crippen molar-refractivity contribution >= 4 is 5.91 Å². The van der Waals surface area contributed by atoms with Crippen LogP contribution in [-0.4, -0.2) is 75.4 Å². The minimum Gasteiger partial charge on any atom is -0.497 e. The summed E-state index contributed by atoms with van der Waals surface area (Å²) in [5, 5.41) is 0. The van der Waals surface area contributed by atoms with E-state index in [0.717, 1.165) is 51.4 Å². The zero-order valence-electron chi connectivity index (χ0n) is 18.7. The van der Waals surface area contributed by atoms with E-state index in [0.29, 0.717) is 23.2 Å². The molecule has 3 heterocycles. The molecule has 0 bridgehead atoms. The largest absolute Gasteiger partial charge is 0.497 e. The lowest BCUT2D eigenvalue weighted by molar-refractivity contribution is 0.0401. The van der Waals surface area contributed by atoms with E-state index in [2.05, 4.69) is 11.8 Å². The van der Waals surface area contributed by atoms with Gasteiger partial charge in [-0.2, -0.15) is 0 Å². The fourth-order valence-electron chi connectivity index (χ4n) is 5.40. The molecule has 0 N–H and O–H groups in total. The Hall–Kier alpha value is -1.79. The van der Waals surface area contributed by atoms with Gasteiger partial charge in [0.05, 0.1) is 26.9 Å². The van der Waals surface area contributed by atoms with Gasteiger partial charge in [-0.25, -0.2) is 0 Å². The van der Waals surface area contributed by atoms with E-state index < -0.39 is 0 Å². The second-order valence-corrected chi connectivity index (χ2v) is 9.54. The molecule has 3 aliphatic heterocycles. The predicted molar refractivity (Wildman–Crippen MR) is 116 cm³/mol. The van der Waals surface area contributed by atoms with Crippen molar-refractivity contribution in [3.05, 3.63) is 23.8 Å². The number of ether oxygens (including phenoxy) is 3. The first-order chi connectivity index (χ1) is 14.5. The highest BCUT2D eigenvalue weighted by Gasteiger charge is 2.43. The number of piperidine rings is 2. The summed E-state index contributed by atoms with van der Waals surface area (Å²) < 4.78 is 16.9. The Kier molecular flexibility index (Phi) is 6.54. The van der Waals surface area contributed by atoms with Gasteiger partial charge in [-0.05, 0) is 62.1 Å². The molecular weight excluding hydrogens is 380 g/mol. The van der Waals surface area contributed by atoms with Crippen LogP contribution in [0.2, 0.25) is 0 Å². The highest BCUT2D eigenvalue weighted by atomic mass is 16.5. The number of methoxy groups -OCH3 is 2. The summed E-state index contributed by atoms with van der Waals surface area (Å²) in [7, 11) is 3.21. The van der Waals surface area contributed by atoms with Crippen LogP contribution < -0.4 is 9.47 Å². The van der Waals surface area contributed by atoms with Crippen LogP contribution in [0.4, 0.5) is 0 Å². The fourth-order valence-corrected chi connectivity index (χ4v) is 5.40. The van der Waals surface area contributed by atoms with Crippen LogP contribution in [0.5, 0.6) is 11.5 Å². The molecule has 166 valence electrons. The van der Waals surface area contributed by atoms with Crippen molar-refractivity contribution in [3.8, 4) is 11.5 Å². The monoisotopic (exact) mass is 416 g/mol. The van der Waals surface area contributed by atoms with Crippen LogP contribution in [0.1, 0.15) is 49.4 Å². The summed E-state index contributed by atoms with van der Waals surface area (Å²) in [6.07, 6.45) is 6.19. The summed E-state index contributed by atoms with van der Waals surface area (Å²) in [5.41, 5.74) is 0.872. The maximum absolute atomic E-state index is 13.1. The van der Waals surface area contributed by atoms with Crippen molar-refractivity contribution in [2.24, 2.45) is 11.3 Å². The number of amides is 1. The van der Waals surface area contributed by atoms with Gasteiger partial charge in [0.15, 0.2) is 0 Å². The number of hydrogen-bond acceptors (Lipinski definition) is 5. The maximum Gasteiger partial charge on any atom is 0.254 e. The molecule has 0 unspecified atom stereocenters. The Labute approximate surface area is 180 Å². The molecule has 6 nitrogen and oxygen atoms in total. The van der Waals surface area contributed by atoms with Crippen LogP contribution >= 0.6 is 0 Å². The van der Waals surface area contributed by atoms with Crippen LogP contribution in [0.15, 0.2) is 18.2 Å². The molecule has 0 saturated carbocycles. The van der Waals surface area contributed by atoms with E-state index in [1.165, 1.54) is 25.9 Å². The molecule has 3 aliphatic rings. The van der Waals surface area contributed by atoms with Gasteiger partial charge in [-0.1, -0.05) is 6.92 Å². The fraction of sp³-hybridized carbons (Fsp3) is 0.708. The Bertz CT molecular complexity index is 722. The third-order valence-corrected chi connectivity index (χ3v) is 7.20. The second-order valence-electron chi connectivity index (χ2n) is 9.54. The molecule has 6 heteroatoms. The van der Waals surface area contributed by atoms with Gasteiger partial charge in [-0.15, -0.1) is 0 Å². The summed E-state index contributed by atoms with van der Waals surface area (Å²) in [5.74, 6) is 2.15. The van der Waals surface area contributed by atoms with E-state index in [1.54, 1.807) is 32.4 Å². The van der Waals surface area contributed by atoms with E-state index in [1.807, 2.05) is 4.90 Å². The number of nitrogens with zero attached hydrogens (tertiary/aromatic N) is 2. The first kappa shape index (κ1) is 21.4. The van der Waals surface area contributed by atoms with Gasteiger partial charge in [0, 0.05) is 37.8 Å². The number of benzene rings is 1. The van der Waals surface area contributed by atoms with Crippen molar-refractivity contribution in [2.45, 2.75) is 45.1 Å². The Morgan fingerprint density at radius 3 is 2.47 bits per heavy atom. The predicted octanol–water partition coefficient (Wildman–Crippen LogP) is 3.45. The molecular formula is C24H36N2O4. The average Bonchev–Trinajstić information content (AvgIpc) is 3.15. The standard InChI is InChI=1S/C24H36N2O4/c1-18-5-4-8-25(15-18)16-22-14-24(17-30-22)6-9-26(10-7-24)23(27)19-11-20(28-2)13-21(12-19)29-3/h11-13,18,22H,4-10,14-17H2,1-3H3/t18-,22-/m1/s1. The van der Waals surface area contributed by atoms with E-state index in [-0.39, 0.29) is 11.3 Å². The summed E-state index contributed by atoms with van der Waals surface area (Å²) >= 11 is 0. The zero-order valence-corrected chi connectivity index (χ0v) is 18.7. The molecule has 3 fully saturated rings. The minimum absolute atomic E-state index is 0.0554. The third kappa shape index (κ3) is 4.75. The first-order valence-electron chi connectivity index (χ1n) is 11.4. The molecule has 1 aromatic carbocycles. The number of rotatable bonds is 5. The van der Waals surface area contributed by atoms with Gasteiger partial charge < -0.3 is 24.0 Å². The summed E-state index contributed by atoms with van der Waals surface area (Å²) in [6.45, 7) is 8.26. The van der Waals surface area contributed by atoms with Crippen LogP contribution in [0, 0.1) is 11.3 Å². The average molecular weight is 417 g/mol. The second kappa shape index (κ2) is 9.15. The molecule has 3 saturated heterocycles. The van der Waals surface area contributed by atoms with Gasteiger partial charge >= 0.3 is 0 Å². The number of hydrogen-bond donors (Lipinski definition) is 0. The molecule has 0 aromatic heterocycles. The molecule has 1 amide bonds. The molecule has 0 aliphatic carbocycles. The number of carbonyl (C=O) groups excluding carboxylic acids is 1. The number of likely N-dealkylation sites (tertiary alicyclic amines) is 2. The lowest BCUT2D eigenvalue weighted by Crippen LogP contribution is -2.44. The minimum atomic E-state index is 0.0554. The van der Waals surface area contributed by atoms with E-state index in [4.69, 9.17) is 14.2 Å². The number of carbonyl (C=O) groups is 1. The smallest absolute Gasteiger partial charge is 0.254 e.